The summed E-state index contributed by atoms with van der Waals surface area (Å²) >= 11 is 6.09. The molecule has 0 bridgehead atoms. The Labute approximate surface area is 143 Å². The van der Waals surface area contributed by atoms with Gasteiger partial charge in [0.25, 0.3) is 0 Å². The van der Waals surface area contributed by atoms with Crippen LogP contribution in [0.4, 0.5) is 0 Å². The third kappa shape index (κ3) is 3.76. The zero-order valence-electron chi connectivity index (χ0n) is 12.7. The van der Waals surface area contributed by atoms with Crippen LogP contribution in [0.2, 0.25) is 5.02 Å². The van der Waals surface area contributed by atoms with Gasteiger partial charge in [0.1, 0.15) is 0 Å². The van der Waals surface area contributed by atoms with Crippen LogP contribution in [0.1, 0.15) is 50.1 Å². The molecule has 22 heavy (non-hydrogen) atoms. The first kappa shape index (κ1) is 17.6. The molecule has 1 saturated heterocycles. The second-order valence-electron chi connectivity index (χ2n) is 6.36. The van der Waals surface area contributed by atoms with Crippen molar-refractivity contribution in [3.8, 4) is 0 Å². The van der Waals surface area contributed by atoms with Crippen molar-refractivity contribution in [1.29, 1.82) is 0 Å². The summed E-state index contributed by atoms with van der Waals surface area (Å²) in [7, 11) is 0. The fourth-order valence-electron chi connectivity index (χ4n) is 3.79. The molecule has 1 heterocycles. The Morgan fingerprint density at radius 2 is 2.09 bits per heavy atom. The number of hydrogen-bond donors (Lipinski definition) is 1. The molecule has 1 aliphatic carbocycles. The fraction of sp³-hybridized carbons (Fsp3) is 0.588. The van der Waals surface area contributed by atoms with Gasteiger partial charge in [-0.25, -0.2) is 0 Å². The summed E-state index contributed by atoms with van der Waals surface area (Å²) in [5.41, 5.74) is 7.26. The normalized spacial score (nSPS) is 27.7. The summed E-state index contributed by atoms with van der Waals surface area (Å²) in [5, 5.41) is 0.740. The van der Waals surface area contributed by atoms with E-state index in [1.54, 1.807) is 0 Å². The number of carbonyl (C=O) groups is 1. The van der Waals surface area contributed by atoms with E-state index in [9.17, 15) is 4.79 Å². The van der Waals surface area contributed by atoms with Crippen LogP contribution in [-0.2, 0) is 4.79 Å². The van der Waals surface area contributed by atoms with E-state index in [1.807, 2.05) is 23.1 Å². The Kier molecular flexibility index (Phi) is 6.13. The minimum absolute atomic E-state index is 0. The molecule has 1 amide bonds. The molecule has 3 rings (SSSR count). The van der Waals surface area contributed by atoms with E-state index < -0.39 is 0 Å². The lowest BCUT2D eigenvalue weighted by Crippen LogP contribution is -2.35. The van der Waals surface area contributed by atoms with E-state index in [4.69, 9.17) is 17.3 Å². The van der Waals surface area contributed by atoms with Gasteiger partial charge in [-0.3, -0.25) is 4.79 Å². The molecule has 1 aromatic rings. The van der Waals surface area contributed by atoms with Crippen molar-refractivity contribution in [2.24, 2.45) is 11.7 Å². The second-order valence-corrected chi connectivity index (χ2v) is 6.80. The van der Waals surface area contributed by atoms with Crippen LogP contribution in [0, 0.1) is 5.92 Å². The predicted molar refractivity (Wildman–Crippen MR) is 92.3 cm³/mol. The quantitative estimate of drug-likeness (QED) is 0.903. The Morgan fingerprint density at radius 1 is 1.27 bits per heavy atom. The first-order valence-corrected chi connectivity index (χ1v) is 8.33. The fourth-order valence-corrected chi connectivity index (χ4v) is 3.98. The van der Waals surface area contributed by atoms with Gasteiger partial charge in [-0.1, -0.05) is 30.2 Å². The lowest BCUT2D eigenvalue weighted by Gasteiger charge is -2.27. The van der Waals surface area contributed by atoms with Crippen LogP contribution >= 0.6 is 24.0 Å². The van der Waals surface area contributed by atoms with Crippen LogP contribution in [0.5, 0.6) is 0 Å². The highest BCUT2D eigenvalue weighted by molar-refractivity contribution is 6.30. The Morgan fingerprint density at radius 3 is 2.77 bits per heavy atom. The first-order chi connectivity index (χ1) is 10.1. The topological polar surface area (TPSA) is 46.3 Å². The molecule has 2 N–H and O–H groups in total. The van der Waals surface area contributed by atoms with Gasteiger partial charge in [-0.2, -0.15) is 0 Å². The largest absolute Gasteiger partial charge is 0.336 e. The van der Waals surface area contributed by atoms with E-state index in [1.165, 1.54) is 0 Å². The average Bonchev–Trinajstić information content (AvgIpc) is 3.08. The number of halogens is 2. The number of nitrogens with two attached hydrogens (primary N) is 1. The van der Waals surface area contributed by atoms with Crippen molar-refractivity contribution in [3.05, 3.63) is 34.9 Å². The maximum Gasteiger partial charge on any atom is 0.223 e. The molecule has 0 radical (unpaired) electrons. The molecule has 3 atom stereocenters. The van der Waals surface area contributed by atoms with Crippen molar-refractivity contribution >= 4 is 29.9 Å². The minimum Gasteiger partial charge on any atom is -0.336 e. The van der Waals surface area contributed by atoms with E-state index in [-0.39, 0.29) is 30.4 Å². The van der Waals surface area contributed by atoms with Gasteiger partial charge in [-0.05, 0) is 49.3 Å². The van der Waals surface area contributed by atoms with E-state index in [2.05, 4.69) is 6.07 Å². The molecule has 3 nitrogen and oxygen atoms in total. The van der Waals surface area contributed by atoms with Crippen molar-refractivity contribution in [3.63, 3.8) is 0 Å². The van der Waals surface area contributed by atoms with Gasteiger partial charge in [0.15, 0.2) is 0 Å². The van der Waals surface area contributed by atoms with Crippen LogP contribution in [0.25, 0.3) is 0 Å². The highest BCUT2D eigenvalue weighted by Gasteiger charge is 2.33. The van der Waals surface area contributed by atoms with Crippen LogP contribution in [0.3, 0.4) is 0 Å². The number of carbonyl (C=O) groups excluding carboxylic acids is 1. The SMILES string of the molecule is Cl.N[C@@H]1CCC[C@H]1CC(=O)N1CCCC1c1cccc(Cl)c1. The van der Waals surface area contributed by atoms with Gasteiger partial charge in [0.05, 0.1) is 6.04 Å². The molecule has 2 aliphatic rings. The molecule has 0 aromatic heterocycles. The molecule has 2 fully saturated rings. The molecule has 1 aliphatic heterocycles. The van der Waals surface area contributed by atoms with Crippen LogP contribution in [-0.4, -0.2) is 23.4 Å². The Hall–Kier alpha value is -0.770. The molecule has 1 unspecified atom stereocenters. The van der Waals surface area contributed by atoms with Crippen LogP contribution in [0.15, 0.2) is 24.3 Å². The van der Waals surface area contributed by atoms with E-state index in [0.717, 1.165) is 49.2 Å². The summed E-state index contributed by atoms with van der Waals surface area (Å²) in [4.78, 5) is 14.7. The summed E-state index contributed by atoms with van der Waals surface area (Å²) in [5.74, 6) is 0.637. The highest BCUT2D eigenvalue weighted by Crippen LogP contribution is 2.35. The zero-order chi connectivity index (χ0) is 14.8. The maximum atomic E-state index is 12.7. The predicted octanol–water partition coefficient (Wildman–Crippen LogP) is 3.94. The van der Waals surface area contributed by atoms with Crippen molar-refractivity contribution in [2.75, 3.05) is 6.54 Å². The standard InChI is InChI=1S/C17H23ClN2O.ClH/c18-14-6-1-5-13(10-14)16-8-3-9-20(16)17(21)11-12-4-2-7-15(12)19;/h1,5-6,10,12,15-16H,2-4,7-9,11,19H2;1H/t12-,15+,16?;/m0./s1. The number of hydrogen-bond acceptors (Lipinski definition) is 2. The number of likely N-dealkylation sites (tertiary alicyclic amines) is 1. The molecule has 122 valence electrons. The molecular formula is C17H24Cl2N2O. The summed E-state index contributed by atoms with van der Waals surface area (Å²) in [6.45, 7) is 0.859. The third-order valence-corrected chi connectivity index (χ3v) is 5.20. The highest BCUT2D eigenvalue weighted by atomic mass is 35.5. The number of nitrogens with zero attached hydrogens (tertiary/aromatic N) is 1. The summed E-state index contributed by atoms with van der Waals surface area (Å²) in [6, 6.07) is 8.30. The molecule has 1 saturated carbocycles. The maximum absolute atomic E-state index is 12.7. The van der Waals surface area contributed by atoms with Crippen molar-refractivity contribution < 1.29 is 4.79 Å². The number of rotatable bonds is 3. The molecule has 1 aromatic carbocycles. The van der Waals surface area contributed by atoms with Gasteiger partial charge in [0, 0.05) is 24.0 Å². The van der Waals surface area contributed by atoms with Crippen molar-refractivity contribution in [2.45, 2.75) is 50.6 Å². The summed E-state index contributed by atoms with van der Waals surface area (Å²) < 4.78 is 0. The Bertz CT molecular complexity index is 523. The average molecular weight is 343 g/mol. The molecular weight excluding hydrogens is 319 g/mol. The van der Waals surface area contributed by atoms with E-state index >= 15 is 0 Å². The molecule has 5 heteroatoms. The zero-order valence-corrected chi connectivity index (χ0v) is 14.3. The minimum atomic E-state index is 0. The van der Waals surface area contributed by atoms with Gasteiger partial charge < -0.3 is 10.6 Å². The number of benzene rings is 1. The van der Waals surface area contributed by atoms with Crippen molar-refractivity contribution in [1.82, 2.24) is 4.90 Å². The molecule has 0 spiro atoms. The van der Waals surface area contributed by atoms with Gasteiger partial charge >= 0.3 is 0 Å². The Balaban J connectivity index is 0.00000176. The lowest BCUT2D eigenvalue weighted by molar-refractivity contribution is -0.133. The number of amides is 1. The first-order valence-electron chi connectivity index (χ1n) is 7.95. The second kappa shape index (κ2) is 7.67. The third-order valence-electron chi connectivity index (χ3n) is 4.96. The van der Waals surface area contributed by atoms with Gasteiger partial charge in [0.2, 0.25) is 5.91 Å². The lowest BCUT2D eigenvalue weighted by atomic mass is 9.98. The smallest absolute Gasteiger partial charge is 0.223 e. The van der Waals surface area contributed by atoms with Gasteiger partial charge in [-0.15, -0.1) is 12.4 Å². The monoisotopic (exact) mass is 342 g/mol. The van der Waals surface area contributed by atoms with E-state index in [0.29, 0.717) is 12.3 Å². The van der Waals surface area contributed by atoms with Crippen LogP contribution < -0.4 is 5.73 Å². The summed E-state index contributed by atoms with van der Waals surface area (Å²) in [6.07, 6.45) is 6.04.